The van der Waals surface area contributed by atoms with Crippen molar-refractivity contribution in [1.82, 2.24) is 40.5 Å². The number of nitrogens with zero attached hydrogens (tertiary/aromatic N) is 4. The molecule has 3 aliphatic rings. The number of rotatable bonds is 13. The fourth-order valence-corrected chi connectivity index (χ4v) is 9.67. The molecule has 5 aromatic rings. The molecular weight excluding hydrogens is 745 g/mol. The van der Waals surface area contributed by atoms with Crippen molar-refractivity contribution >= 4 is 17.9 Å². The van der Waals surface area contributed by atoms with Crippen molar-refractivity contribution in [3.8, 4) is 33.6 Å². The summed E-state index contributed by atoms with van der Waals surface area (Å²) >= 11 is 0. The predicted molar refractivity (Wildman–Crippen MR) is 224 cm³/mol. The van der Waals surface area contributed by atoms with Crippen molar-refractivity contribution in [3.05, 3.63) is 102 Å². The van der Waals surface area contributed by atoms with Gasteiger partial charge in [0.25, 0.3) is 0 Å². The molecule has 2 bridgehead atoms. The Morgan fingerprint density at radius 2 is 1.44 bits per heavy atom. The molecule has 3 aromatic heterocycles. The van der Waals surface area contributed by atoms with E-state index >= 15 is 0 Å². The first-order valence-corrected chi connectivity index (χ1v) is 20.8. The van der Waals surface area contributed by atoms with E-state index in [2.05, 4.69) is 99.0 Å². The molecule has 13 heteroatoms. The number of ether oxygens (including phenoxy) is 2. The highest BCUT2D eigenvalue weighted by Gasteiger charge is 2.52. The number of aromatic amines is 2. The Morgan fingerprint density at radius 3 is 2.08 bits per heavy atom. The average Bonchev–Trinajstić information content (AvgIpc) is 4.13. The van der Waals surface area contributed by atoms with Crippen LogP contribution in [0.3, 0.4) is 0 Å². The van der Waals surface area contributed by atoms with Crippen molar-refractivity contribution in [3.63, 3.8) is 0 Å². The molecule has 4 N–H and O–H groups in total. The first kappa shape index (κ1) is 40.0. The van der Waals surface area contributed by atoms with Gasteiger partial charge in [-0.05, 0) is 90.7 Å². The lowest BCUT2D eigenvalue weighted by Crippen LogP contribution is -2.54. The van der Waals surface area contributed by atoms with Gasteiger partial charge in [-0.2, -0.15) is 0 Å². The van der Waals surface area contributed by atoms with Crippen LogP contribution in [0.5, 0.6) is 0 Å². The Morgan fingerprint density at radius 1 is 0.814 bits per heavy atom. The molecule has 1 aliphatic heterocycles. The summed E-state index contributed by atoms with van der Waals surface area (Å²) in [6, 6.07) is 19.6. The van der Waals surface area contributed by atoms with E-state index in [0.29, 0.717) is 36.7 Å². The van der Waals surface area contributed by atoms with E-state index in [-0.39, 0.29) is 29.7 Å². The molecule has 4 heterocycles. The largest absolute Gasteiger partial charge is 0.453 e. The second-order valence-electron chi connectivity index (χ2n) is 16.6. The monoisotopic (exact) mass is 798 g/mol. The number of imidazole rings is 2. The van der Waals surface area contributed by atoms with Crippen LogP contribution in [0.4, 0.5) is 4.79 Å². The smallest absolute Gasteiger partial charge is 0.407 e. The quantitative estimate of drug-likeness (QED) is 0.0949. The molecule has 7 atom stereocenters. The Balaban J connectivity index is 0.916. The molecule has 2 aliphatic carbocycles. The van der Waals surface area contributed by atoms with Crippen molar-refractivity contribution in [2.75, 3.05) is 20.8 Å². The van der Waals surface area contributed by atoms with E-state index in [1.165, 1.54) is 14.2 Å². The van der Waals surface area contributed by atoms with E-state index in [9.17, 15) is 14.4 Å². The molecule has 3 amide bonds. The molecule has 2 saturated carbocycles. The lowest BCUT2D eigenvalue weighted by molar-refractivity contribution is -0.137. The summed E-state index contributed by atoms with van der Waals surface area (Å²) < 4.78 is 10.2. The molecule has 2 aromatic carbocycles. The summed E-state index contributed by atoms with van der Waals surface area (Å²) in [7, 11) is 2.77. The fraction of sp³-hybridized carbons (Fsp3) is 0.435. The normalized spacial score (nSPS) is 22.1. The minimum Gasteiger partial charge on any atom is -0.453 e. The lowest BCUT2D eigenvalue weighted by Gasteiger charge is -2.30. The Kier molecular flexibility index (Phi) is 11.6. The molecule has 4 unspecified atom stereocenters. The number of aromatic nitrogens is 5. The van der Waals surface area contributed by atoms with Gasteiger partial charge in [0.15, 0.2) is 0 Å². The summed E-state index contributed by atoms with van der Waals surface area (Å²) in [5, 5.41) is 5.90. The molecule has 308 valence electrons. The zero-order valence-corrected chi connectivity index (χ0v) is 34.4. The number of hydrogen-bond donors (Lipinski definition) is 4. The molecule has 8 rings (SSSR count). The summed E-state index contributed by atoms with van der Waals surface area (Å²) in [4.78, 5) is 62.4. The van der Waals surface area contributed by atoms with Gasteiger partial charge in [0.1, 0.15) is 17.7 Å². The maximum absolute atomic E-state index is 13.8. The van der Waals surface area contributed by atoms with E-state index < -0.39 is 18.2 Å². The van der Waals surface area contributed by atoms with Gasteiger partial charge in [-0.15, -0.1) is 0 Å². The highest BCUT2D eigenvalue weighted by Crippen LogP contribution is 2.56. The van der Waals surface area contributed by atoms with Gasteiger partial charge in [-0.1, -0.05) is 68.4 Å². The lowest BCUT2D eigenvalue weighted by atomic mass is 9.78. The molecule has 13 nitrogen and oxygen atoms in total. The maximum Gasteiger partial charge on any atom is 0.407 e. The Labute approximate surface area is 345 Å². The first-order valence-electron chi connectivity index (χ1n) is 20.8. The van der Waals surface area contributed by atoms with Crippen LogP contribution < -0.4 is 10.6 Å². The van der Waals surface area contributed by atoms with Gasteiger partial charge >= 0.3 is 6.09 Å². The number of nitrogens with one attached hydrogen (secondary N) is 4. The highest BCUT2D eigenvalue weighted by atomic mass is 16.5. The third-order valence-corrected chi connectivity index (χ3v) is 12.8. The van der Waals surface area contributed by atoms with Crippen LogP contribution in [-0.4, -0.2) is 80.6 Å². The highest BCUT2D eigenvalue weighted by molar-refractivity contribution is 5.87. The van der Waals surface area contributed by atoms with Crippen LogP contribution in [-0.2, 0) is 25.6 Å². The number of carbonyl (C=O) groups excluding carboxylic acids is 3. The number of carbonyl (C=O) groups is 3. The van der Waals surface area contributed by atoms with Crippen molar-refractivity contribution < 1.29 is 23.9 Å². The van der Waals surface area contributed by atoms with Crippen molar-refractivity contribution in [2.24, 2.45) is 17.8 Å². The minimum atomic E-state index is -0.886. The fourth-order valence-electron chi connectivity index (χ4n) is 9.67. The molecule has 1 saturated heterocycles. The van der Waals surface area contributed by atoms with Crippen molar-refractivity contribution in [1.29, 1.82) is 0 Å². The van der Waals surface area contributed by atoms with Gasteiger partial charge < -0.3 is 35.0 Å². The van der Waals surface area contributed by atoms with E-state index in [1.807, 2.05) is 18.5 Å². The topological polar surface area (TPSA) is 167 Å². The van der Waals surface area contributed by atoms with Gasteiger partial charge in [-0.3, -0.25) is 14.6 Å². The van der Waals surface area contributed by atoms with Gasteiger partial charge in [-0.25, -0.2) is 14.8 Å². The summed E-state index contributed by atoms with van der Waals surface area (Å²) in [5.41, 5.74) is 8.10. The molecular formula is C46H54N8O5. The number of alkyl carbamates (subject to hydrolysis) is 1. The van der Waals surface area contributed by atoms with Crippen LogP contribution in [0.1, 0.15) is 93.7 Å². The standard InChI is InChI=1S/C46H54N8O5/c1-26(2)40-34(8-6-20-47-40)23-50-44(55)39-33-19-18-32(22-33)38(39)43-49-25-36(52-43)31-16-12-29(13-17-31)28-10-14-30(15-11-28)35-24-48-42(51-35)37-9-7-21-54(37)45(56)41(27(3)58-4)53-46(57)59-5/h6,8,10-17,20,24-27,32-33,37-39,41H,7,9,18-19,21-23H2,1-5H3,(H,48,51)(H,49,52)(H,50,55)(H,53,57)/t27-,32?,33?,37+,38?,39?,41+/m1/s1. The second kappa shape index (κ2) is 17.2. The van der Waals surface area contributed by atoms with Crippen LogP contribution >= 0.6 is 0 Å². The number of methoxy groups -OCH3 is 2. The van der Waals surface area contributed by atoms with Gasteiger partial charge in [0, 0.05) is 38.0 Å². The zero-order valence-electron chi connectivity index (χ0n) is 34.4. The van der Waals surface area contributed by atoms with E-state index in [1.54, 1.807) is 18.0 Å². The van der Waals surface area contributed by atoms with Crippen LogP contribution in [0.15, 0.2) is 79.3 Å². The number of pyridine rings is 1. The number of benzene rings is 2. The van der Waals surface area contributed by atoms with Crippen LogP contribution in [0.25, 0.3) is 33.6 Å². The predicted octanol–water partition coefficient (Wildman–Crippen LogP) is 7.52. The SMILES string of the molecule is COC(=O)N[C@H](C(=O)N1CCC[C@H]1c1ncc(-c2ccc(-c3ccc(-c4cnc(C5C6CCC(C6)C5C(=O)NCc5cccnc5C(C)C)[nH]4)cc3)cc2)[nH]1)[C@@H](C)OC. The molecule has 0 radical (unpaired) electrons. The number of hydrogen-bond acceptors (Lipinski definition) is 8. The third-order valence-electron chi connectivity index (χ3n) is 12.8. The Bertz CT molecular complexity index is 2270. The average molecular weight is 799 g/mol. The maximum atomic E-state index is 13.8. The summed E-state index contributed by atoms with van der Waals surface area (Å²) in [6.45, 7) is 7.05. The van der Waals surface area contributed by atoms with Crippen LogP contribution in [0, 0.1) is 17.8 Å². The molecule has 59 heavy (non-hydrogen) atoms. The molecule has 3 fully saturated rings. The number of amides is 3. The zero-order chi connectivity index (χ0) is 41.2. The van der Waals surface area contributed by atoms with Crippen LogP contribution in [0.2, 0.25) is 0 Å². The van der Waals surface area contributed by atoms with Gasteiger partial charge in [0.05, 0.1) is 49.0 Å². The molecule has 0 spiro atoms. The minimum absolute atomic E-state index is 0.0803. The van der Waals surface area contributed by atoms with E-state index in [0.717, 1.165) is 82.8 Å². The number of H-pyrrole nitrogens is 2. The first-order chi connectivity index (χ1) is 28.6. The summed E-state index contributed by atoms with van der Waals surface area (Å²) in [6.07, 6.45) is 9.18. The number of likely N-dealkylation sites (tertiary alicyclic amines) is 1. The number of fused-ring (bicyclic) bond motifs is 2. The van der Waals surface area contributed by atoms with E-state index in [4.69, 9.17) is 14.5 Å². The Hall–Kier alpha value is -5.82. The van der Waals surface area contributed by atoms with Crippen molar-refractivity contribution in [2.45, 2.75) is 89.4 Å². The summed E-state index contributed by atoms with van der Waals surface area (Å²) in [5.74, 6) is 2.61. The second-order valence-corrected chi connectivity index (χ2v) is 16.6. The van der Waals surface area contributed by atoms with Gasteiger partial charge in [0.2, 0.25) is 11.8 Å². The third kappa shape index (κ3) is 8.12.